The molecule has 1 fully saturated rings. The summed E-state index contributed by atoms with van der Waals surface area (Å²) < 4.78 is 23.3. The molecule has 1 amide bonds. The maximum absolute atomic E-state index is 12.9. The van der Waals surface area contributed by atoms with Crippen LogP contribution >= 0.6 is 0 Å². The molecule has 6 nitrogen and oxygen atoms in total. The number of carbonyl (C=O) groups excluding carboxylic acids is 1. The highest BCUT2D eigenvalue weighted by Gasteiger charge is 2.25. The minimum Gasteiger partial charge on any atom is -0.439 e. The minimum absolute atomic E-state index is 0.0245. The third-order valence-electron chi connectivity index (χ3n) is 4.27. The fraction of sp³-hybridized carbons (Fsp3) is 0.500. The van der Waals surface area contributed by atoms with Crippen molar-refractivity contribution in [2.75, 3.05) is 19.7 Å². The van der Waals surface area contributed by atoms with Gasteiger partial charge in [0.2, 0.25) is 0 Å². The summed E-state index contributed by atoms with van der Waals surface area (Å²) in [6, 6.07) is 6.08. The van der Waals surface area contributed by atoms with Crippen LogP contribution in [0.5, 0.6) is 6.08 Å². The Balaban J connectivity index is 1.51. The molecule has 2 aromatic rings. The SMILES string of the molecule is C[C@H]1C[C@H](C)CN(C(=O)COc2nc(Cc3ccc(F)cc3)no2)C1. The van der Waals surface area contributed by atoms with Crippen LogP contribution in [0.3, 0.4) is 0 Å². The third-order valence-corrected chi connectivity index (χ3v) is 4.27. The molecule has 0 aliphatic carbocycles. The van der Waals surface area contributed by atoms with Crippen LogP contribution in [0.25, 0.3) is 0 Å². The van der Waals surface area contributed by atoms with Gasteiger partial charge in [0.15, 0.2) is 12.4 Å². The largest absolute Gasteiger partial charge is 0.439 e. The fourth-order valence-electron chi connectivity index (χ4n) is 3.23. The predicted molar refractivity (Wildman–Crippen MR) is 88.5 cm³/mol. The lowest BCUT2D eigenvalue weighted by molar-refractivity contribution is -0.136. The van der Waals surface area contributed by atoms with Crippen LogP contribution in [0.1, 0.15) is 31.7 Å². The zero-order valence-electron chi connectivity index (χ0n) is 14.4. The second kappa shape index (κ2) is 7.63. The number of ether oxygens (including phenoxy) is 1. The lowest BCUT2D eigenvalue weighted by Gasteiger charge is -2.34. The maximum atomic E-state index is 12.9. The van der Waals surface area contributed by atoms with Crippen LogP contribution < -0.4 is 4.74 Å². The number of nitrogens with zero attached hydrogens (tertiary/aromatic N) is 3. The van der Waals surface area contributed by atoms with Crippen molar-refractivity contribution in [2.24, 2.45) is 11.8 Å². The van der Waals surface area contributed by atoms with E-state index in [-0.39, 0.29) is 24.4 Å². The van der Waals surface area contributed by atoms with Gasteiger partial charge in [-0.1, -0.05) is 31.1 Å². The van der Waals surface area contributed by atoms with E-state index in [2.05, 4.69) is 24.0 Å². The summed E-state index contributed by atoms with van der Waals surface area (Å²) in [5, 5.41) is 3.82. The standard InChI is InChI=1S/C18H22FN3O3/c1-12-7-13(2)10-22(9-12)17(23)11-24-18-20-16(21-25-18)8-14-3-5-15(19)6-4-14/h3-6,12-13H,7-11H2,1-2H3/t12-,13-/m0/s1. The summed E-state index contributed by atoms with van der Waals surface area (Å²) in [6.07, 6.45) is 1.52. The summed E-state index contributed by atoms with van der Waals surface area (Å²) in [7, 11) is 0. The van der Waals surface area contributed by atoms with Crippen molar-refractivity contribution in [3.63, 3.8) is 0 Å². The predicted octanol–water partition coefficient (Wildman–Crippen LogP) is 2.68. The van der Waals surface area contributed by atoms with Gasteiger partial charge in [0.1, 0.15) is 5.82 Å². The Bertz CT molecular complexity index is 707. The molecule has 134 valence electrons. The quantitative estimate of drug-likeness (QED) is 0.832. The van der Waals surface area contributed by atoms with Gasteiger partial charge < -0.3 is 9.64 Å². The molecule has 1 aliphatic heterocycles. The number of carbonyl (C=O) groups is 1. The normalized spacial score (nSPS) is 20.5. The van der Waals surface area contributed by atoms with Gasteiger partial charge in [-0.05, 0) is 36.0 Å². The zero-order chi connectivity index (χ0) is 17.8. The Morgan fingerprint density at radius 1 is 1.28 bits per heavy atom. The number of halogens is 1. The zero-order valence-corrected chi connectivity index (χ0v) is 14.4. The number of rotatable bonds is 5. The van der Waals surface area contributed by atoms with Gasteiger partial charge in [0, 0.05) is 19.5 Å². The van der Waals surface area contributed by atoms with Crippen LogP contribution in [0.4, 0.5) is 4.39 Å². The number of piperidine rings is 1. The van der Waals surface area contributed by atoms with Crippen LogP contribution in [-0.4, -0.2) is 40.6 Å². The number of hydrogen-bond donors (Lipinski definition) is 0. The molecule has 1 saturated heterocycles. The molecule has 0 unspecified atom stereocenters. The van der Waals surface area contributed by atoms with Gasteiger partial charge >= 0.3 is 6.08 Å². The molecule has 2 heterocycles. The highest BCUT2D eigenvalue weighted by molar-refractivity contribution is 5.77. The van der Waals surface area contributed by atoms with Crippen molar-refractivity contribution in [3.8, 4) is 6.08 Å². The molecule has 25 heavy (non-hydrogen) atoms. The molecule has 0 N–H and O–H groups in total. The first-order valence-corrected chi connectivity index (χ1v) is 8.47. The first kappa shape index (κ1) is 17.4. The van der Waals surface area contributed by atoms with E-state index in [9.17, 15) is 9.18 Å². The Hall–Kier alpha value is -2.44. The number of likely N-dealkylation sites (tertiary alicyclic amines) is 1. The van der Waals surface area contributed by atoms with E-state index in [4.69, 9.17) is 9.26 Å². The third kappa shape index (κ3) is 4.78. The average molecular weight is 347 g/mol. The van der Waals surface area contributed by atoms with Crippen molar-refractivity contribution in [1.82, 2.24) is 15.0 Å². The molecule has 1 aliphatic rings. The maximum Gasteiger partial charge on any atom is 0.417 e. The van der Waals surface area contributed by atoms with E-state index in [1.807, 2.05) is 4.90 Å². The second-order valence-corrected chi connectivity index (χ2v) is 6.81. The molecule has 1 aromatic heterocycles. The fourth-order valence-corrected chi connectivity index (χ4v) is 3.23. The Morgan fingerprint density at radius 3 is 2.64 bits per heavy atom. The van der Waals surface area contributed by atoms with Crippen molar-refractivity contribution in [1.29, 1.82) is 0 Å². The van der Waals surface area contributed by atoms with E-state index in [0.717, 1.165) is 25.1 Å². The van der Waals surface area contributed by atoms with E-state index in [1.165, 1.54) is 12.1 Å². The van der Waals surface area contributed by atoms with Crippen LogP contribution in [-0.2, 0) is 11.2 Å². The van der Waals surface area contributed by atoms with Crippen molar-refractivity contribution in [3.05, 3.63) is 41.5 Å². The van der Waals surface area contributed by atoms with Crippen LogP contribution in [0, 0.1) is 17.7 Å². The van der Waals surface area contributed by atoms with Gasteiger partial charge in [0.05, 0.1) is 0 Å². The van der Waals surface area contributed by atoms with Crippen molar-refractivity contribution < 1.29 is 18.4 Å². The number of aromatic nitrogens is 2. The highest BCUT2D eigenvalue weighted by atomic mass is 19.1. The molecule has 1 aromatic carbocycles. The summed E-state index contributed by atoms with van der Waals surface area (Å²) in [5.74, 6) is 1.06. The van der Waals surface area contributed by atoms with Gasteiger partial charge in [-0.15, -0.1) is 0 Å². The van der Waals surface area contributed by atoms with Gasteiger partial charge in [-0.3, -0.25) is 9.32 Å². The van der Waals surface area contributed by atoms with Crippen molar-refractivity contribution in [2.45, 2.75) is 26.7 Å². The molecule has 3 rings (SSSR count). The molecule has 2 atom stereocenters. The molecule has 0 saturated carbocycles. The Kier molecular flexibility index (Phi) is 5.31. The monoisotopic (exact) mass is 347 g/mol. The first-order chi connectivity index (χ1) is 12.0. The molecule has 0 bridgehead atoms. The molecular formula is C18H22FN3O3. The van der Waals surface area contributed by atoms with Gasteiger partial charge in [-0.2, -0.15) is 4.98 Å². The van der Waals surface area contributed by atoms with Gasteiger partial charge in [0.25, 0.3) is 5.91 Å². The van der Waals surface area contributed by atoms with E-state index in [1.54, 1.807) is 12.1 Å². The van der Waals surface area contributed by atoms with E-state index in [0.29, 0.717) is 24.1 Å². The first-order valence-electron chi connectivity index (χ1n) is 8.47. The second-order valence-electron chi connectivity index (χ2n) is 6.81. The number of amides is 1. The van der Waals surface area contributed by atoms with E-state index >= 15 is 0 Å². The Morgan fingerprint density at radius 2 is 1.96 bits per heavy atom. The average Bonchev–Trinajstić information content (AvgIpc) is 3.01. The summed E-state index contributed by atoms with van der Waals surface area (Å²) in [5.41, 5.74) is 0.862. The van der Waals surface area contributed by atoms with Gasteiger partial charge in [-0.25, -0.2) is 4.39 Å². The van der Waals surface area contributed by atoms with E-state index < -0.39 is 0 Å². The Labute approximate surface area is 146 Å². The lowest BCUT2D eigenvalue weighted by Crippen LogP contribution is -2.44. The number of benzene rings is 1. The number of hydrogen-bond acceptors (Lipinski definition) is 5. The summed E-state index contributed by atoms with van der Waals surface area (Å²) in [4.78, 5) is 18.2. The van der Waals surface area contributed by atoms with Crippen molar-refractivity contribution >= 4 is 5.91 Å². The molecule has 0 spiro atoms. The highest BCUT2D eigenvalue weighted by Crippen LogP contribution is 2.21. The smallest absolute Gasteiger partial charge is 0.417 e. The van der Waals surface area contributed by atoms with Crippen LogP contribution in [0.2, 0.25) is 0 Å². The molecule has 0 radical (unpaired) electrons. The summed E-state index contributed by atoms with van der Waals surface area (Å²) >= 11 is 0. The lowest BCUT2D eigenvalue weighted by atomic mass is 9.92. The molecule has 7 heteroatoms. The molecular weight excluding hydrogens is 325 g/mol. The summed E-state index contributed by atoms with van der Waals surface area (Å²) in [6.45, 7) is 5.70. The minimum atomic E-state index is -0.291. The van der Waals surface area contributed by atoms with Crippen LogP contribution in [0.15, 0.2) is 28.8 Å². The topological polar surface area (TPSA) is 68.5 Å².